The van der Waals surface area contributed by atoms with E-state index in [4.69, 9.17) is 5.73 Å². The maximum absolute atomic E-state index is 13.7. The number of nitrogen functional groups attached to an aromatic ring is 1. The maximum atomic E-state index is 13.7. The molecule has 21 heavy (non-hydrogen) atoms. The van der Waals surface area contributed by atoms with E-state index in [0.29, 0.717) is 11.1 Å². The molecule has 0 spiro atoms. The molecular weight excluding hydrogens is 290 g/mol. The van der Waals surface area contributed by atoms with Crippen LogP contribution < -0.4 is 5.73 Å². The Morgan fingerprint density at radius 2 is 2.00 bits per heavy atom. The summed E-state index contributed by atoms with van der Waals surface area (Å²) in [4.78, 5) is 0. The lowest BCUT2D eigenvalue weighted by Gasteiger charge is -2.09. The van der Waals surface area contributed by atoms with Crippen molar-refractivity contribution in [2.24, 2.45) is 0 Å². The summed E-state index contributed by atoms with van der Waals surface area (Å²) in [6.07, 6.45) is -5.32. The van der Waals surface area contributed by atoms with Gasteiger partial charge in [0, 0.05) is 29.8 Å². The van der Waals surface area contributed by atoms with Crippen molar-refractivity contribution in [2.75, 3.05) is 5.73 Å². The van der Waals surface area contributed by atoms with Crippen molar-refractivity contribution in [3.05, 3.63) is 23.5 Å². The summed E-state index contributed by atoms with van der Waals surface area (Å²) in [5, 5.41) is 10.7. The monoisotopic (exact) mass is 303 g/mol. The largest absolute Gasteiger partial charge is 0.398 e. The number of alkyl halides is 3. The smallest absolute Gasteiger partial charge is 0.389 e. The van der Waals surface area contributed by atoms with E-state index < -0.39 is 18.4 Å². The predicted octanol–water partition coefficient (Wildman–Crippen LogP) is 2.71. The lowest BCUT2D eigenvalue weighted by Crippen LogP contribution is -2.11. The first kappa shape index (κ1) is 15.2. The number of nitrogens with zero attached hydrogens (tertiary/aromatic N) is 4. The van der Waals surface area contributed by atoms with Crippen LogP contribution in [0.5, 0.6) is 0 Å². The zero-order valence-corrected chi connectivity index (χ0v) is 11.2. The number of aromatic nitrogens is 4. The topological polar surface area (TPSA) is 69.6 Å². The van der Waals surface area contributed by atoms with Gasteiger partial charge in [-0.3, -0.25) is 0 Å². The summed E-state index contributed by atoms with van der Waals surface area (Å²) in [7, 11) is 0. The third kappa shape index (κ3) is 3.67. The number of nitrogens with two attached hydrogens (primary N) is 1. The van der Waals surface area contributed by atoms with Crippen LogP contribution >= 0.6 is 0 Å². The Kier molecular flexibility index (Phi) is 4.10. The molecule has 9 heteroatoms. The van der Waals surface area contributed by atoms with Gasteiger partial charge in [-0.1, -0.05) is 0 Å². The molecule has 0 saturated carbocycles. The zero-order valence-electron chi connectivity index (χ0n) is 11.2. The van der Waals surface area contributed by atoms with Gasteiger partial charge >= 0.3 is 6.18 Å². The highest BCUT2D eigenvalue weighted by Crippen LogP contribution is 2.25. The molecule has 0 aliphatic rings. The molecule has 0 unspecified atom stereocenters. The SMILES string of the molecule is Cc1c(N)cc(-c2nnnn2CCCC(F)(F)F)cc1F. The molecule has 0 aliphatic carbocycles. The van der Waals surface area contributed by atoms with Crippen LogP contribution in [0.15, 0.2) is 12.1 Å². The van der Waals surface area contributed by atoms with Gasteiger partial charge in [-0.15, -0.1) is 5.10 Å². The van der Waals surface area contributed by atoms with Crippen molar-refractivity contribution in [3.63, 3.8) is 0 Å². The fourth-order valence-corrected chi connectivity index (χ4v) is 1.82. The minimum Gasteiger partial charge on any atom is -0.398 e. The van der Waals surface area contributed by atoms with Crippen molar-refractivity contribution in [2.45, 2.75) is 32.5 Å². The van der Waals surface area contributed by atoms with Crippen molar-refractivity contribution >= 4 is 5.69 Å². The quantitative estimate of drug-likeness (QED) is 0.696. The second kappa shape index (κ2) is 5.66. The van der Waals surface area contributed by atoms with Crippen LogP contribution in [0.4, 0.5) is 23.2 Å². The van der Waals surface area contributed by atoms with E-state index in [1.807, 2.05) is 0 Å². The van der Waals surface area contributed by atoms with Gasteiger partial charge in [0.05, 0.1) is 0 Å². The average molecular weight is 303 g/mol. The number of anilines is 1. The van der Waals surface area contributed by atoms with Crippen LogP contribution in [0.2, 0.25) is 0 Å². The van der Waals surface area contributed by atoms with E-state index in [-0.39, 0.29) is 24.5 Å². The van der Waals surface area contributed by atoms with Crippen LogP contribution in [-0.4, -0.2) is 26.4 Å². The summed E-state index contributed by atoms with van der Waals surface area (Å²) in [5.41, 5.74) is 6.53. The van der Waals surface area contributed by atoms with Crippen molar-refractivity contribution in [3.8, 4) is 11.4 Å². The number of hydrogen-bond acceptors (Lipinski definition) is 4. The van der Waals surface area contributed by atoms with E-state index in [2.05, 4.69) is 15.5 Å². The molecule has 0 bridgehead atoms. The Bertz CT molecular complexity index is 612. The van der Waals surface area contributed by atoms with Crippen molar-refractivity contribution in [1.82, 2.24) is 20.2 Å². The fourth-order valence-electron chi connectivity index (χ4n) is 1.82. The molecule has 2 rings (SSSR count). The van der Waals surface area contributed by atoms with E-state index in [9.17, 15) is 17.6 Å². The molecule has 0 amide bonds. The molecule has 1 heterocycles. The Balaban J connectivity index is 2.20. The molecule has 2 N–H and O–H groups in total. The lowest BCUT2D eigenvalue weighted by atomic mass is 10.1. The van der Waals surface area contributed by atoms with Gasteiger partial charge in [-0.2, -0.15) is 13.2 Å². The van der Waals surface area contributed by atoms with E-state index in [1.54, 1.807) is 0 Å². The summed E-state index contributed by atoms with van der Waals surface area (Å²) in [5.74, 6) is -0.336. The molecule has 0 radical (unpaired) electrons. The van der Waals surface area contributed by atoms with Crippen LogP contribution in [0, 0.1) is 12.7 Å². The van der Waals surface area contributed by atoms with Gasteiger partial charge in [0.25, 0.3) is 0 Å². The second-order valence-corrected chi connectivity index (χ2v) is 4.62. The number of hydrogen-bond donors (Lipinski definition) is 1. The van der Waals surface area contributed by atoms with Gasteiger partial charge in [0.15, 0.2) is 5.82 Å². The molecule has 5 nitrogen and oxygen atoms in total. The van der Waals surface area contributed by atoms with E-state index in [1.165, 1.54) is 23.7 Å². The number of benzene rings is 1. The first-order valence-corrected chi connectivity index (χ1v) is 6.17. The second-order valence-electron chi connectivity index (χ2n) is 4.62. The van der Waals surface area contributed by atoms with Crippen molar-refractivity contribution in [1.29, 1.82) is 0 Å². The number of rotatable bonds is 4. The predicted molar refractivity (Wildman–Crippen MR) is 67.6 cm³/mol. The Morgan fingerprint density at radius 1 is 1.29 bits per heavy atom. The molecule has 1 aromatic heterocycles. The summed E-state index contributed by atoms with van der Waals surface area (Å²) >= 11 is 0. The summed E-state index contributed by atoms with van der Waals surface area (Å²) < 4.78 is 51.3. The standard InChI is InChI=1S/C12H13F4N5/c1-7-9(13)5-8(6-10(7)17)11-18-19-20-21(11)4-2-3-12(14,15)16/h5-6H,2-4,17H2,1H3. The molecule has 114 valence electrons. The third-order valence-corrected chi connectivity index (χ3v) is 3.00. The van der Waals surface area contributed by atoms with Crippen LogP contribution in [0.25, 0.3) is 11.4 Å². The highest BCUT2D eigenvalue weighted by Gasteiger charge is 2.26. The van der Waals surface area contributed by atoms with E-state index in [0.717, 1.165) is 0 Å². The summed E-state index contributed by atoms with van der Waals surface area (Å²) in [6, 6.07) is 2.70. The molecule has 0 saturated heterocycles. The van der Waals surface area contributed by atoms with Crippen molar-refractivity contribution < 1.29 is 17.6 Å². The highest BCUT2D eigenvalue weighted by atomic mass is 19.4. The highest BCUT2D eigenvalue weighted by molar-refractivity contribution is 5.63. The minimum atomic E-state index is -4.23. The normalized spacial score (nSPS) is 11.9. The fraction of sp³-hybridized carbons (Fsp3) is 0.417. The van der Waals surface area contributed by atoms with Gasteiger partial charge in [-0.05, 0) is 35.9 Å². The number of aryl methyl sites for hydroxylation is 1. The molecule has 2 aromatic rings. The molecule has 1 aromatic carbocycles. The third-order valence-electron chi connectivity index (χ3n) is 3.00. The number of halogens is 4. The lowest BCUT2D eigenvalue weighted by molar-refractivity contribution is -0.136. The maximum Gasteiger partial charge on any atom is 0.389 e. The van der Waals surface area contributed by atoms with Gasteiger partial charge in [-0.25, -0.2) is 9.07 Å². The molecule has 0 atom stereocenters. The summed E-state index contributed by atoms with van der Waals surface area (Å²) in [6.45, 7) is 1.51. The van der Waals surface area contributed by atoms with Gasteiger partial charge < -0.3 is 5.73 Å². The molecule has 0 fully saturated rings. The van der Waals surface area contributed by atoms with Gasteiger partial charge in [0.1, 0.15) is 5.82 Å². The minimum absolute atomic E-state index is 0.0166. The van der Waals surface area contributed by atoms with Crippen LogP contribution in [-0.2, 0) is 6.54 Å². The first-order valence-electron chi connectivity index (χ1n) is 6.17. The Hall–Kier alpha value is -2.19. The average Bonchev–Trinajstić information content (AvgIpc) is 2.82. The first-order chi connectivity index (χ1) is 9.78. The van der Waals surface area contributed by atoms with Gasteiger partial charge in [0.2, 0.25) is 0 Å². The molecular formula is C12H13F4N5. The number of tetrazole rings is 1. The van der Waals surface area contributed by atoms with Crippen LogP contribution in [0.3, 0.4) is 0 Å². The van der Waals surface area contributed by atoms with E-state index >= 15 is 0 Å². The van der Waals surface area contributed by atoms with Crippen LogP contribution in [0.1, 0.15) is 18.4 Å². The Morgan fingerprint density at radius 3 is 2.62 bits per heavy atom. The Labute approximate surface area is 117 Å². The zero-order chi connectivity index (χ0) is 15.6. The molecule has 0 aliphatic heterocycles.